The standard InChI is InChI=1S/C24H20N6O/c25-17-20(16-18-8-9-22-19(15-18)5-4-10-26-22)23-27-28-24(29-11-13-31-14-12-29)30(23)21-6-2-1-3-7-21/h1-10,15-16H,11-14H2/b20-16+. The van der Waals surface area contributed by atoms with Crippen molar-refractivity contribution in [1.82, 2.24) is 19.7 Å². The summed E-state index contributed by atoms with van der Waals surface area (Å²) in [5.74, 6) is 1.23. The molecule has 1 saturated heterocycles. The van der Waals surface area contributed by atoms with Gasteiger partial charge in [-0.2, -0.15) is 5.26 Å². The first-order valence-corrected chi connectivity index (χ1v) is 10.1. The van der Waals surface area contributed by atoms with Gasteiger partial charge in [0.05, 0.1) is 30.0 Å². The molecule has 0 spiro atoms. The van der Waals surface area contributed by atoms with Gasteiger partial charge < -0.3 is 9.64 Å². The number of allylic oxidation sites excluding steroid dienone is 1. The molecule has 0 radical (unpaired) electrons. The number of aromatic nitrogens is 4. The van der Waals surface area contributed by atoms with Gasteiger partial charge in [0.25, 0.3) is 0 Å². The van der Waals surface area contributed by atoms with Crippen LogP contribution >= 0.6 is 0 Å². The van der Waals surface area contributed by atoms with E-state index in [-0.39, 0.29) is 0 Å². The van der Waals surface area contributed by atoms with Gasteiger partial charge in [0.2, 0.25) is 5.95 Å². The number of pyridine rings is 1. The second-order valence-electron chi connectivity index (χ2n) is 7.22. The third kappa shape index (κ3) is 3.77. The summed E-state index contributed by atoms with van der Waals surface area (Å²) in [5, 5.41) is 19.9. The molecule has 31 heavy (non-hydrogen) atoms. The SMILES string of the molecule is N#C/C(=C\c1ccc2ncccc2c1)c1nnc(N2CCOCC2)n1-c1ccccc1. The predicted octanol–water partition coefficient (Wildman–Crippen LogP) is 3.72. The van der Waals surface area contributed by atoms with Crippen LogP contribution in [0.4, 0.5) is 5.95 Å². The summed E-state index contributed by atoms with van der Waals surface area (Å²) in [5.41, 5.74) is 3.18. The van der Waals surface area contributed by atoms with E-state index >= 15 is 0 Å². The number of para-hydroxylation sites is 1. The highest BCUT2D eigenvalue weighted by Gasteiger charge is 2.23. The van der Waals surface area contributed by atoms with E-state index in [2.05, 4.69) is 26.2 Å². The van der Waals surface area contributed by atoms with Gasteiger partial charge in [0, 0.05) is 24.7 Å². The highest BCUT2D eigenvalue weighted by atomic mass is 16.5. The normalized spacial score (nSPS) is 14.5. The molecule has 2 aromatic carbocycles. The molecule has 0 aliphatic carbocycles. The van der Waals surface area contributed by atoms with Gasteiger partial charge in [-0.15, -0.1) is 10.2 Å². The number of anilines is 1. The molecule has 0 atom stereocenters. The van der Waals surface area contributed by atoms with E-state index in [9.17, 15) is 5.26 Å². The lowest BCUT2D eigenvalue weighted by atomic mass is 10.1. The van der Waals surface area contributed by atoms with E-state index in [0.717, 1.165) is 35.2 Å². The molecule has 1 aliphatic heterocycles. The number of benzene rings is 2. The Morgan fingerprint density at radius 1 is 1.00 bits per heavy atom. The summed E-state index contributed by atoms with van der Waals surface area (Å²) in [7, 11) is 0. The van der Waals surface area contributed by atoms with Gasteiger partial charge >= 0.3 is 0 Å². The third-order valence-corrected chi connectivity index (χ3v) is 5.25. The molecule has 0 saturated carbocycles. The van der Waals surface area contributed by atoms with E-state index in [4.69, 9.17) is 4.74 Å². The van der Waals surface area contributed by atoms with Gasteiger partial charge in [0.15, 0.2) is 5.82 Å². The van der Waals surface area contributed by atoms with Gasteiger partial charge in [-0.05, 0) is 42.0 Å². The molecule has 0 N–H and O–H groups in total. The monoisotopic (exact) mass is 408 g/mol. The highest BCUT2D eigenvalue weighted by Crippen LogP contribution is 2.27. The van der Waals surface area contributed by atoms with Crippen molar-refractivity contribution >= 4 is 28.5 Å². The first kappa shape index (κ1) is 19.0. The molecular weight excluding hydrogens is 388 g/mol. The molecule has 2 aromatic heterocycles. The highest BCUT2D eigenvalue weighted by molar-refractivity contribution is 5.90. The van der Waals surface area contributed by atoms with Crippen molar-refractivity contribution in [3.05, 3.63) is 78.2 Å². The maximum atomic E-state index is 10.00. The summed E-state index contributed by atoms with van der Waals surface area (Å²) in [6, 6.07) is 22.1. The smallest absolute Gasteiger partial charge is 0.232 e. The van der Waals surface area contributed by atoms with Gasteiger partial charge in [-0.25, -0.2) is 0 Å². The summed E-state index contributed by atoms with van der Waals surface area (Å²) >= 11 is 0. The van der Waals surface area contributed by atoms with E-state index in [1.165, 1.54) is 0 Å². The lowest BCUT2D eigenvalue weighted by molar-refractivity contribution is 0.122. The van der Waals surface area contributed by atoms with Gasteiger partial charge in [-0.3, -0.25) is 9.55 Å². The zero-order valence-corrected chi connectivity index (χ0v) is 16.8. The summed E-state index contributed by atoms with van der Waals surface area (Å²) < 4.78 is 7.44. The molecule has 1 aliphatic rings. The first-order chi connectivity index (χ1) is 15.3. The van der Waals surface area contributed by atoms with Crippen molar-refractivity contribution in [1.29, 1.82) is 5.26 Å². The van der Waals surface area contributed by atoms with Gasteiger partial charge in [-0.1, -0.05) is 30.3 Å². The molecule has 3 heterocycles. The van der Waals surface area contributed by atoms with Crippen LogP contribution in [0.5, 0.6) is 0 Å². The van der Waals surface area contributed by atoms with E-state index in [0.29, 0.717) is 30.6 Å². The minimum absolute atomic E-state index is 0.444. The second kappa shape index (κ2) is 8.38. The number of hydrogen-bond acceptors (Lipinski definition) is 6. The van der Waals surface area contributed by atoms with Crippen molar-refractivity contribution in [2.24, 2.45) is 0 Å². The molecular formula is C24H20N6O. The van der Waals surface area contributed by atoms with Crippen molar-refractivity contribution in [2.75, 3.05) is 31.2 Å². The number of morpholine rings is 1. The van der Waals surface area contributed by atoms with Crippen LogP contribution in [0.15, 0.2) is 66.9 Å². The first-order valence-electron chi connectivity index (χ1n) is 10.1. The fraction of sp³-hybridized carbons (Fsp3) is 0.167. The Balaban J connectivity index is 1.62. The summed E-state index contributed by atoms with van der Waals surface area (Å²) in [6.45, 7) is 2.74. The predicted molar refractivity (Wildman–Crippen MR) is 120 cm³/mol. The average molecular weight is 408 g/mol. The maximum Gasteiger partial charge on any atom is 0.232 e. The summed E-state index contributed by atoms with van der Waals surface area (Å²) in [6.07, 6.45) is 3.62. The quantitative estimate of drug-likeness (QED) is 0.479. The molecule has 7 nitrogen and oxygen atoms in total. The van der Waals surface area contributed by atoms with Crippen LogP contribution in [0.25, 0.3) is 28.2 Å². The number of nitriles is 1. The Morgan fingerprint density at radius 3 is 2.65 bits per heavy atom. The fourth-order valence-electron chi connectivity index (χ4n) is 3.73. The number of rotatable bonds is 4. The number of nitrogens with zero attached hydrogens (tertiary/aromatic N) is 6. The topological polar surface area (TPSA) is 79.9 Å². The number of fused-ring (bicyclic) bond motifs is 1. The van der Waals surface area contributed by atoms with Crippen LogP contribution in [-0.4, -0.2) is 46.1 Å². The van der Waals surface area contributed by atoms with Crippen LogP contribution in [0.2, 0.25) is 0 Å². The van der Waals surface area contributed by atoms with Crippen LogP contribution < -0.4 is 4.90 Å². The summed E-state index contributed by atoms with van der Waals surface area (Å²) in [4.78, 5) is 6.50. The minimum Gasteiger partial charge on any atom is -0.378 e. The lowest BCUT2D eigenvalue weighted by Crippen LogP contribution is -2.38. The lowest BCUT2D eigenvalue weighted by Gasteiger charge is -2.28. The third-order valence-electron chi connectivity index (χ3n) is 5.25. The average Bonchev–Trinajstić information content (AvgIpc) is 3.28. The van der Waals surface area contributed by atoms with Crippen molar-refractivity contribution in [3.63, 3.8) is 0 Å². The molecule has 0 unspecified atom stereocenters. The van der Waals surface area contributed by atoms with Crippen LogP contribution in [-0.2, 0) is 4.74 Å². The zero-order valence-electron chi connectivity index (χ0n) is 16.8. The van der Waals surface area contributed by atoms with E-state index < -0.39 is 0 Å². The Hall–Kier alpha value is -4.02. The fourth-order valence-corrected chi connectivity index (χ4v) is 3.73. The van der Waals surface area contributed by atoms with Crippen molar-refractivity contribution in [2.45, 2.75) is 0 Å². The van der Waals surface area contributed by atoms with E-state index in [1.54, 1.807) is 6.20 Å². The van der Waals surface area contributed by atoms with Crippen molar-refractivity contribution < 1.29 is 4.74 Å². The van der Waals surface area contributed by atoms with Crippen LogP contribution in [0.1, 0.15) is 11.4 Å². The molecule has 7 heteroatoms. The van der Waals surface area contributed by atoms with Crippen molar-refractivity contribution in [3.8, 4) is 11.8 Å². The van der Waals surface area contributed by atoms with Gasteiger partial charge in [0.1, 0.15) is 6.07 Å². The minimum atomic E-state index is 0.444. The Kier molecular flexibility index (Phi) is 5.13. The molecule has 4 aromatic rings. The Morgan fingerprint density at radius 2 is 1.84 bits per heavy atom. The zero-order chi connectivity index (χ0) is 21.0. The van der Waals surface area contributed by atoms with Crippen LogP contribution in [0.3, 0.4) is 0 Å². The largest absolute Gasteiger partial charge is 0.378 e. The van der Waals surface area contributed by atoms with E-state index in [1.807, 2.05) is 71.3 Å². The Labute approximate surface area is 179 Å². The second-order valence-corrected chi connectivity index (χ2v) is 7.22. The Bertz CT molecular complexity index is 1280. The molecule has 0 bridgehead atoms. The molecule has 152 valence electrons. The molecule has 5 rings (SSSR count). The molecule has 0 amide bonds. The molecule has 1 fully saturated rings. The number of hydrogen-bond donors (Lipinski definition) is 0. The van der Waals surface area contributed by atoms with Crippen LogP contribution in [0, 0.1) is 11.3 Å². The maximum absolute atomic E-state index is 10.00. The number of ether oxygens (including phenoxy) is 1.